The molecule has 0 spiro atoms. The van der Waals surface area contributed by atoms with Gasteiger partial charge in [0.25, 0.3) is 0 Å². The second kappa shape index (κ2) is 9.35. The Bertz CT molecular complexity index is 1100. The summed E-state index contributed by atoms with van der Waals surface area (Å²) in [5, 5.41) is 4.08. The molecule has 1 radical (unpaired) electrons. The molecule has 0 saturated heterocycles. The standard InChI is InChI=1S/C31H25P/c1-6-16-26(17-7-1)31(27-18-8-2-9-19-27)32(28-20-10-3-11-21-28,29-22-12-4-13-23-29)30-24-14-5-15-25-30/h1-25H/q+1. The second-order valence-electron chi connectivity index (χ2n) is 7.76. The highest BCUT2D eigenvalue weighted by molar-refractivity contribution is 7.98. The second-order valence-corrected chi connectivity index (χ2v) is 11.1. The highest BCUT2D eigenvalue weighted by atomic mass is 31.2. The van der Waals surface area contributed by atoms with Crippen LogP contribution in [0.2, 0.25) is 0 Å². The SMILES string of the molecule is c1ccc([C](c2ccccc2)[P+](c2ccccc2)(c2ccccc2)c2ccccc2)cc1. The normalized spacial score (nSPS) is 11.4. The van der Waals surface area contributed by atoms with Gasteiger partial charge in [-0.15, -0.1) is 0 Å². The lowest BCUT2D eigenvalue weighted by Gasteiger charge is -2.34. The molecule has 0 amide bonds. The van der Waals surface area contributed by atoms with E-state index >= 15 is 0 Å². The van der Waals surface area contributed by atoms with Crippen molar-refractivity contribution in [3.63, 3.8) is 0 Å². The Balaban J connectivity index is 1.94. The first-order chi connectivity index (χ1) is 15.9. The van der Waals surface area contributed by atoms with E-state index in [1.165, 1.54) is 32.7 Å². The summed E-state index contributed by atoms with van der Waals surface area (Å²) in [5.74, 6) is 0. The zero-order chi connectivity index (χ0) is 21.6. The number of hydrogen-bond donors (Lipinski definition) is 0. The van der Waals surface area contributed by atoms with Crippen LogP contribution >= 0.6 is 7.26 Å². The molecule has 0 N–H and O–H groups in total. The average Bonchev–Trinajstić information content (AvgIpc) is 2.90. The van der Waals surface area contributed by atoms with Crippen molar-refractivity contribution in [3.8, 4) is 0 Å². The van der Waals surface area contributed by atoms with Gasteiger partial charge in [0.05, 0.1) is 0 Å². The van der Waals surface area contributed by atoms with Crippen LogP contribution in [0.1, 0.15) is 11.1 Å². The summed E-state index contributed by atoms with van der Waals surface area (Å²) in [7, 11) is -2.19. The monoisotopic (exact) mass is 428 g/mol. The molecule has 5 aromatic carbocycles. The van der Waals surface area contributed by atoms with E-state index in [4.69, 9.17) is 0 Å². The van der Waals surface area contributed by atoms with Crippen molar-refractivity contribution >= 4 is 23.2 Å². The van der Waals surface area contributed by atoms with Crippen LogP contribution in [0.4, 0.5) is 0 Å². The van der Waals surface area contributed by atoms with Gasteiger partial charge in [0.1, 0.15) is 23.2 Å². The molecule has 0 unspecified atom stereocenters. The Morgan fingerprint density at radius 1 is 0.312 bits per heavy atom. The van der Waals surface area contributed by atoms with Gasteiger partial charge in [-0.2, -0.15) is 0 Å². The smallest absolute Gasteiger partial charge is 0.0622 e. The van der Waals surface area contributed by atoms with Crippen LogP contribution in [-0.2, 0) is 0 Å². The van der Waals surface area contributed by atoms with E-state index in [1.807, 2.05) is 0 Å². The molecule has 0 heterocycles. The summed E-state index contributed by atoms with van der Waals surface area (Å²) in [6.07, 6.45) is 0. The molecule has 0 bridgehead atoms. The first-order valence-corrected chi connectivity index (χ1v) is 12.7. The Morgan fingerprint density at radius 2 is 0.562 bits per heavy atom. The lowest BCUT2D eigenvalue weighted by atomic mass is 10.0. The minimum Gasteiger partial charge on any atom is -0.0622 e. The first-order valence-electron chi connectivity index (χ1n) is 10.9. The molecular formula is C31H25P+. The molecule has 0 nitrogen and oxygen atoms in total. The summed E-state index contributed by atoms with van der Waals surface area (Å²) >= 11 is 0. The molecule has 0 aliphatic rings. The van der Waals surface area contributed by atoms with E-state index in [0.717, 1.165) is 0 Å². The van der Waals surface area contributed by atoms with Gasteiger partial charge >= 0.3 is 0 Å². The van der Waals surface area contributed by atoms with Gasteiger partial charge in [-0.1, -0.05) is 115 Å². The molecule has 1 heteroatoms. The summed E-state index contributed by atoms with van der Waals surface area (Å²) in [6.45, 7) is 0. The molecule has 0 aliphatic heterocycles. The summed E-state index contributed by atoms with van der Waals surface area (Å²) in [4.78, 5) is 0. The highest BCUT2D eigenvalue weighted by Crippen LogP contribution is 2.68. The van der Waals surface area contributed by atoms with E-state index in [-0.39, 0.29) is 0 Å². The Labute approximate surface area is 191 Å². The van der Waals surface area contributed by atoms with Crippen molar-refractivity contribution in [3.05, 3.63) is 168 Å². The summed E-state index contributed by atoms with van der Waals surface area (Å²) < 4.78 is 0. The zero-order valence-electron chi connectivity index (χ0n) is 17.9. The van der Waals surface area contributed by atoms with Crippen LogP contribution in [0.15, 0.2) is 152 Å². The molecule has 5 rings (SSSR count). The molecule has 0 saturated carbocycles. The quantitative estimate of drug-likeness (QED) is 0.267. The maximum absolute atomic E-state index is 2.31. The van der Waals surface area contributed by atoms with Crippen molar-refractivity contribution < 1.29 is 0 Å². The third-order valence-electron chi connectivity index (χ3n) is 5.86. The lowest BCUT2D eigenvalue weighted by molar-refractivity contribution is 1.37. The minimum atomic E-state index is -2.19. The predicted molar refractivity (Wildman–Crippen MR) is 139 cm³/mol. The van der Waals surface area contributed by atoms with Crippen molar-refractivity contribution in [2.45, 2.75) is 0 Å². The van der Waals surface area contributed by atoms with Crippen molar-refractivity contribution in [1.82, 2.24) is 0 Å². The number of benzene rings is 5. The van der Waals surface area contributed by atoms with Crippen molar-refractivity contribution in [2.75, 3.05) is 0 Å². The van der Waals surface area contributed by atoms with Crippen LogP contribution in [0.3, 0.4) is 0 Å². The fourth-order valence-corrected chi connectivity index (χ4v) is 9.14. The molecule has 153 valence electrons. The van der Waals surface area contributed by atoms with Gasteiger partial charge in [0.2, 0.25) is 0 Å². The molecule has 32 heavy (non-hydrogen) atoms. The van der Waals surface area contributed by atoms with Gasteiger partial charge in [0, 0.05) is 11.1 Å². The predicted octanol–water partition coefficient (Wildman–Crippen LogP) is 6.61. The van der Waals surface area contributed by atoms with Gasteiger partial charge < -0.3 is 0 Å². The lowest BCUT2D eigenvalue weighted by Crippen LogP contribution is -2.36. The van der Waals surface area contributed by atoms with Crippen molar-refractivity contribution in [1.29, 1.82) is 0 Å². The molecule has 5 aromatic rings. The Morgan fingerprint density at radius 3 is 0.844 bits per heavy atom. The topological polar surface area (TPSA) is 0 Å². The summed E-state index contributed by atoms with van der Waals surface area (Å²) in [5.41, 5.74) is 3.93. The zero-order valence-corrected chi connectivity index (χ0v) is 18.8. The maximum atomic E-state index is 2.31. The third kappa shape index (κ3) is 3.68. The van der Waals surface area contributed by atoms with Crippen LogP contribution in [-0.4, -0.2) is 0 Å². The maximum Gasteiger partial charge on any atom is 0.192 e. The fraction of sp³-hybridized carbons (Fsp3) is 0. The first kappa shape index (κ1) is 20.4. The molecule has 0 fully saturated rings. The van der Waals surface area contributed by atoms with Crippen molar-refractivity contribution in [2.24, 2.45) is 0 Å². The largest absolute Gasteiger partial charge is 0.192 e. The number of hydrogen-bond acceptors (Lipinski definition) is 0. The van der Waals surface area contributed by atoms with Crippen LogP contribution in [0, 0.1) is 5.66 Å². The molecule has 0 aromatic heterocycles. The van der Waals surface area contributed by atoms with Gasteiger partial charge in [0.15, 0.2) is 5.66 Å². The van der Waals surface area contributed by atoms with Crippen LogP contribution in [0.5, 0.6) is 0 Å². The molecule has 0 atom stereocenters. The molecule has 0 aliphatic carbocycles. The van der Waals surface area contributed by atoms with Gasteiger partial charge in [-0.3, -0.25) is 0 Å². The fourth-order valence-electron chi connectivity index (χ4n) is 4.54. The Hall–Kier alpha value is -3.47. The minimum absolute atomic E-state index is 1.27. The van der Waals surface area contributed by atoms with Gasteiger partial charge in [-0.25, -0.2) is 0 Å². The Kier molecular flexibility index (Phi) is 5.97. The molecular weight excluding hydrogens is 403 g/mol. The van der Waals surface area contributed by atoms with Crippen LogP contribution in [0.25, 0.3) is 0 Å². The van der Waals surface area contributed by atoms with E-state index in [2.05, 4.69) is 152 Å². The van der Waals surface area contributed by atoms with Gasteiger partial charge in [-0.05, 0) is 36.4 Å². The summed E-state index contributed by atoms with van der Waals surface area (Å²) in [6, 6.07) is 55.0. The third-order valence-corrected chi connectivity index (χ3v) is 10.3. The van der Waals surface area contributed by atoms with Crippen LogP contribution < -0.4 is 15.9 Å². The number of rotatable bonds is 6. The highest BCUT2D eigenvalue weighted by Gasteiger charge is 2.55. The van der Waals surface area contributed by atoms with E-state index in [0.29, 0.717) is 0 Å². The van der Waals surface area contributed by atoms with E-state index in [1.54, 1.807) is 0 Å². The average molecular weight is 429 g/mol. The van der Waals surface area contributed by atoms with E-state index in [9.17, 15) is 0 Å². The van der Waals surface area contributed by atoms with E-state index < -0.39 is 7.26 Å².